The maximum atomic E-state index is 12.1. The summed E-state index contributed by atoms with van der Waals surface area (Å²) in [7, 11) is 1.57. The van der Waals surface area contributed by atoms with Gasteiger partial charge in [-0.25, -0.2) is 4.79 Å². The first-order valence-electron chi connectivity index (χ1n) is 6.91. The van der Waals surface area contributed by atoms with Crippen molar-refractivity contribution >= 4 is 23.1 Å². The van der Waals surface area contributed by atoms with Crippen LogP contribution in [0.5, 0.6) is 0 Å². The lowest BCUT2D eigenvalue weighted by atomic mass is 10.1. The van der Waals surface area contributed by atoms with E-state index in [4.69, 9.17) is 4.74 Å². The van der Waals surface area contributed by atoms with E-state index in [0.29, 0.717) is 23.5 Å². The summed E-state index contributed by atoms with van der Waals surface area (Å²) in [6, 6.07) is 11.3. The molecule has 7 heteroatoms. The molecule has 2 N–H and O–H groups in total. The van der Waals surface area contributed by atoms with Gasteiger partial charge in [0.15, 0.2) is 0 Å². The predicted molar refractivity (Wildman–Crippen MR) is 87.6 cm³/mol. The molecule has 0 unspecified atom stereocenters. The van der Waals surface area contributed by atoms with Crippen LogP contribution in [0.15, 0.2) is 42.5 Å². The van der Waals surface area contributed by atoms with E-state index in [1.54, 1.807) is 32.2 Å². The first-order valence-corrected chi connectivity index (χ1v) is 6.91. The van der Waals surface area contributed by atoms with Gasteiger partial charge in [-0.2, -0.15) is 0 Å². The van der Waals surface area contributed by atoms with Crippen molar-refractivity contribution in [2.75, 3.05) is 17.7 Å². The van der Waals surface area contributed by atoms with Crippen molar-refractivity contribution in [3.8, 4) is 0 Å². The molecule has 0 aromatic heterocycles. The fourth-order valence-electron chi connectivity index (χ4n) is 2.16. The minimum Gasteiger partial charge on any atom is -0.380 e. The summed E-state index contributed by atoms with van der Waals surface area (Å²) >= 11 is 0. The van der Waals surface area contributed by atoms with Crippen LogP contribution < -0.4 is 10.6 Å². The zero-order chi connectivity index (χ0) is 16.8. The molecular weight excluding hydrogens is 298 g/mol. The molecule has 120 valence electrons. The summed E-state index contributed by atoms with van der Waals surface area (Å²) in [4.78, 5) is 22.6. The highest BCUT2D eigenvalue weighted by molar-refractivity contribution is 6.00. The highest BCUT2D eigenvalue weighted by Crippen LogP contribution is 2.25. The van der Waals surface area contributed by atoms with Gasteiger partial charge in [0.2, 0.25) is 0 Å². The molecule has 0 saturated heterocycles. The summed E-state index contributed by atoms with van der Waals surface area (Å²) in [5, 5.41) is 16.3. The third-order valence-corrected chi connectivity index (χ3v) is 3.32. The molecular formula is C16H17N3O4. The molecule has 0 aliphatic heterocycles. The van der Waals surface area contributed by atoms with E-state index < -0.39 is 11.0 Å². The van der Waals surface area contributed by atoms with E-state index in [9.17, 15) is 14.9 Å². The van der Waals surface area contributed by atoms with Crippen molar-refractivity contribution in [1.82, 2.24) is 0 Å². The maximum absolute atomic E-state index is 12.1. The number of nitrogens with zero attached hydrogens (tertiary/aromatic N) is 1. The van der Waals surface area contributed by atoms with Crippen molar-refractivity contribution < 1.29 is 14.5 Å². The van der Waals surface area contributed by atoms with Crippen LogP contribution in [0.4, 0.5) is 21.9 Å². The van der Waals surface area contributed by atoms with Gasteiger partial charge in [0.25, 0.3) is 5.69 Å². The molecule has 0 fully saturated rings. The summed E-state index contributed by atoms with van der Waals surface area (Å²) in [5.74, 6) is 0. The first-order chi connectivity index (χ1) is 11.0. The number of carbonyl (C=O) groups excluding carboxylic acids is 1. The summed E-state index contributed by atoms with van der Waals surface area (Å²) < 4.78 is 5.08. The number of nitrogens with one attached hydrogen (secondary N) is 2. The van der Waals surface area contributed by atoms with Gasteiger partial charge < -0.3 is 15.4 Å². The number of nitro benzene ring substituents is 1. The molecule has 2 aromatic carbocycles. The number of carbonyl (C=O) groups is 1. The molecule has 0 saturated carbocycles. The number of hydrogen-bond donors (Lipinski definition) is 2. The average Bonchev–Trinajstić information content (AvgIpc) is 2.51. The Balaban J connectivity index is 2.15. The minimum atomic E-state index is -0.480. The van der Waals surface area contributed by atoms with Gasteiger partial charge in [0.05, 0.1) is 22.8 Å². The Kier molecular flexibility index (Phi) is 5.27. The van der Waals surface area contributed by atoms with Crippen molar-refractivity contribution in [1.29, 1.82) is 0 Å². The Morgan fingerprint density at radius 2 is 1.78 bits per heavy atom. The van der Waals surface area contributed by atoms with E-state index in [2.05, 4.69) is 10.6 Å². The smallest absolute Gasteiger partial charge is 0.323 e. The SMILES string of the molecule is COCc1ccccc1NC(=O)Nc1cccc([N+](=O)[O-])c1C. The van der Waals surface area contributed by atoms with Crippen LogP contribution >= 0.6 is 0 Å². The van der Waals surface area contributed by atoms with Crippen LogP contribution in [-0.4, -0.2) is 18.1 Å². The zero-order valence-corrected chi connectivity index (χ0v) is 12.8. The van der Waals surface area contributed by atoms with Crippen LogP contribution in [0.1, 0.15) is 11.1 Å². The van der Waals surface area contributed by atoms with Crippen LogP contribution in [-0.2, 0) is 11.3 Å². The second kappa shape index (κ2) is 7.37. The van der Waals surface area contributed by atoms with Gasteiger partial charge in [-0.3, -0.25) is 10.1 Å². The zero-order valence-electron chi connectivity index (χ0n) is 12.8. The Bertz CT molecular complexity index is 731. The number of amides is 2. The number of rotatable bonds is 5. The second-order valence-electron chi connectivity index (χ2n) is 4.88. The number of anilines is 2. The molecule has 0 spiro atoms. The molecule has 2 amide bonds. The number of hydrogen-bond acceptors (Lipinski definition) is 4. The molecule has 7 nitrogen and oxygen atoms in total. The first kappa shape index (κ1) is 16.4. The molecule has 0 atom stereocenters. The lowest BCUT2D eigenvalue weighted by Gasteiger charge is -2.12. The Morgan fingerprint density at radius 3 is 2.48 bits per heavy atom. The number of ether oxygens (including phenoxy) is 1. The molecule has 0 aliphatic rings. The predicted octanol–water partition coefficient (Wildman–Crippen LogP) is 3.69. The largest absolute Gasteiger partial charge is 0.380 e. The molecule has 0 bridgehead atoms. The standard InChI is InChI=1S/C16H17N3O4/c1-11-13(8-5-9-15(11)19(21)22)17-16(20)18-14-7-4-3-6-12(14)10-23-2/h3-9H,10H2,1-2H3,(H2,17,18,20). The van der Waals surface area contributed by atoms with Crippen LogP contribution in [0.25, 0.3) is 0 Å². The van der Waals surface area contributed by atoms with E-state index in [0.717, 1.165) is 5.56 Å². The van der Waals surface area contributed by atoms with E-state index in [-0.39, 0.29) is 5.69 Å². The van der Waals surface area contributed by atoms with Gasteiger partial charge >= 0.3 is 6.03 Å². The monoisotopic (exact) mass is 315 g/mol. The quantitative estimate of drug-likeness (QED) is 0.650. The van der Waals surface area contributed by atoms with Crippen LogP contribution in [0, 0.1) is 17.0 Å². The summed E-state index contributed by atoms with van der Waals surface area (Å²) in [5.41, 5.74) is 2.21. The van der Waals surface area contributed by atoms with Gasteiger partial charge in [0.1, 0.15) is 0 Å². The minimum absolute atomic E-state index is 0.0393. The van der Waals surface area contributed by atoms with E-state index in [1.165, 1.54) is 12.1 Å². The highest BCUT2D eigenvalue weighted by Gasteiger charge is 2.15. The topological polar surface area (TPSA) is 93.5 Å². The number of para-hydroxylation sites is 1. The lowest BCUT2D eigenvalue weighted by molar-refractivity contribution is -0.385. The number of benzene rings is 2. The Labute approximate surface area is 133 Å². The van der Waals surface area contributed by atoms with Crippen LogP contribution in [0.3, 0.4) is 0 Å². The third kappa shape index (κ3) is 4.04. The molecule has 2 aromatic rings. The normalized spacial score (nSPS) is 10.2. The summed E-state index contributed by atoms with van der Waals surface area (Å²) in [6.07, 6.45) is 0. The lowest BCUT2D eigenvalue weighted by Crippen LogP contribution is -2.21. The molecule has 0 heterocycles. The van der Waals surface area contributed by atoms with Gasteiger partial charge in [-0.1, -0.05) is 24.3 Å². The molecule has 23 heavy (non-hydrogen) atoms. The highest BCUT2D eigenvalue weighted by atomic mass is 16.6. The Hall–Kier alpha value is -2.93. The van der Waals surface area contributed by atoms with Crippen molar-refractivity contribution in [2.24, 2.45) is 0 Å². The van der Waals surface area contributed by atoms with Gasteiger partial charge in [0, 0.05) is 24.4 Å². The average molecular weight is 315 g/mol. The molecule has 0 aliphatic carbocycles. The number of urea groups is 1. The van der Waals surface area contributed by atoms with Crippen molar-refractivity contribution in [3.05, 3.63) is 63.7 Å². The fraction of sp³-hybridized carbons (Fsp3) is 0.188. The van der Waals surface area contributed by atoms with Gasteiger partial charge in [-0.05, 0) is 19.1 Å². The van der Waals surface area contributed by atoms with Crippen molar-refractivity contribution in [3.63, 3.8) is 0 Å². The van der Waals surface area contributed by atoms with Crippen LogP contribution in [0.2, 0.25) is 0 Å². The van der Waals surface area contributed by atoms with E-state index in [1.807, 2.05) is 12.1 Å². The molecule has 0 radical (unpaired) electrons. The number of methoxy groups -OCH3 is 1. The number of nitro groups is 1. The third-order valence-electron chi connectivity index (χ3n) is 3.32. The Morgan fingerprint density at radius 1 is 1.13 bits per heavy atom. The maximum Gasteiger partial charge on any atom is 0.323 e. The van der Waals surface area contributed by atoms with Crippen molar-refractivity contribution in [2.45, 2.75) is 13.5 Å². The van der Waals surface area contributed by atoms with E-state index >= 15 is 0 Å². The fourth-order valence-corrected chi connectivity index (χ4v) is 2.16. The molecule has 2 rings (SSSR count). The second-order valence-corrected chi connectivity index (χ2v) is 4.88. The summed E-state index contributed by atoms with van der Waals surface area (Å²) in [6.45, 7) is 1.96. The van der Waals surface area contributed by atoms with Gasteiger partial charge in [-0.15, -0.1) is 0 Å².